The molecule has 92 valence electrons. The molecule has 2 saturated heterocycles. The van der Waals surface area contributed by atoms with Gasteiger partial charge in [0.25, 0.3) is 0 Å². The summed E-state index contributed by atoms with van der Waals surface area (Å²) in [6, 6.07) is 11.5. The minimum atomic E-state index is 0.383. The highest BCUT2D eigenvalue weighted by Crippen LogP contribution is 2.31. The minimum Gasteiger partial charge on any atom is -0.312 e. The molecule has 2 aliphatic rings. The van der Waals surface area contributed by atoms with E-state index in [1.54, 1.807) is 0 Å². The van der Waals surface area contributed by atoms with Crippen LogP contribution in [0.1, 0.15) is 31.2 Å². The van der Waals surface area contributed by atoms with Crippen LogP contribution < -0.4 is 10.6 Å². The van der Waals surface area contributed by atoms with E-state index < -0.39 is 0 Å². The molecule has 0 saturated carbocycles. The first kappa shape index (κ1) is 11.2. The van der Waals surface area contributed by atoms with Gasteiger partial charge in [-0.1, -0.05) is 36.8 Å². The lowest BCUT2D eigenvalue weighted by molar-refractivity contribution is 0.225. The van der Waals surface area contributed by atoms with Crippen molar-refractivity contribution in [1.29, 1.82) is 0 Å². The van der Waals surface area contributed by atoms with Crippen LogP contribution in [0.3, 0.4) is 0 Å². The number of benzene rings is 1. The average Bonchev–Trinajstić information content (AvgIpc) is 2.74. The molecule has 0 aromatic heterocycles. The Morgan fingerprint density at radius 2 is 1.94 bits per heavy atom. The van der Waals surface area contributed by atoms with Gasteiger partial charge in [-0.3, -0.25) is 0 Å². The Bertz CT molecular complexity index is 354. The third-order valence-corrected chi connectivity index (χ3v) is 4.44. The molecular weight excluding hydrogens is 208 g/mol. The van der Waals surface area contributed by atoms with E-state index in [2.05, 4.69) is 41.0 Å². The summed E-state index contributed by atoms with van der Waals surface area (Å²) >= 11 is 0. The van der Waals surface area contributed by atoms with Crippen molar-refractivity contribution in [3.63, 3.8) is 0 Å². The van der Waals surface area contributed by atoms with Gasteiger partial charge in [-0.05, 0) is 44.3 Å². The first-order valence-corrected chi connectivity index (χ1v) is 6.91. The summed E-state index contributed by atoms with van der Waals surface area (Å²) in [6.45, 7) is 2.37. The van der Waals surface area contributed by atoms with Crippen LogP contribution >= 0.6 is 0 Å². The molecule has 3 rings (SSSR count). The molecule has 17 heavy (non-hydrogen) atoms. The summed E-state index contributed by atoms with van der Waals surface area (Å²) in [5, 5.41) is 7.51. The molecule has 2 N–H and O–H groups in total. The number of hydrogen-bond donors (Lipinski definition) is 2. The molecule has 0 bridgehead atoms. The fourth-order valence-electron chi connectivity index (χ4n) is 3.46. The normalized spacial score (nSPS) is 33.1. The Labute approximate surface area is 104 Å². The van der Waals surface area contributed by atoms with E-state index in [1.807, 2.05) is 0 Å². The van der Waals surface area contributed by atoms with Crippen LogP contribution in [0.5, 0.6) is 0 Å². The van der Waals surface area contributed by atoms with E-state index in [1.165, 1.54) is 44.3 Å². The van der Waals surface area contributed by atoms with Gasteiger partial charge in [0.15, 0.2) is 0 Å². The number of hydrogen-bond acceptors (Lipinski definition) is 2. The first-order chi connectivity index (χ1) is 8.39. The number of piperidine rings is 1. The van der Waals surface area contributed by atoms with Gasteiger partial charge in [0, 0.05) is 11.6 Å². The molecule has 2 fully saturated rings. The van der Waals surface area contributed by atoms with Crippen LogP contribution in [-0.4, -0.2) is 24.7 Å². The lowest BCUT2D eigenvalue weighted by Crippen LogP contribution is -2.57. The fraction of sp³-hybridized carbons (Fsp3) is 0.600. The quantitative estimate of drug-likeness (QED) is 0.813. The SMILES string of the molecule is c1ccc(CC2NCCC23CCCCN3)cc1. The summed E-state index contributed by atoms with van der Waals surface area (Å²) in [4.78, 5) is 0. The zero-order valence-electron chi connectivity index (χ0n) is 10.4. The molecule has 1 aromatic rings. The molecule has 2 nitrogen and oxygen atoms in total. The van der Waals surface area contributed by atoms with Crippen molar-refractivity contribution >= 4 is 0 Å². The predicted molar refractivity (Wildman–Crippen MR) is 71.1 cm³/mol. The fourth-order valence-corrected chi connectivity index (χ4v) is 3.46. The van der Waals surface area contributed by atoms with Gasteiger partial charge in [-0.15, -0.1) is 0 Å². The summed E-state index contributed by atoms with van der Waals surface area (Å²) in [7, 11) is 0. The zero-order valence-corrected chi connectivity index (χ0v) is 10.4. The highest BCUT2D eigenvalue weighted by molar-refractivity contribution is 5.19. The monoisotopic (exact) mass is 230 g/mol. The molecule has 1 aromatic carbocycles. The number of rotatable bonds is 2. The van der Waals surface area contributed by atoms with E-state index in [4.69, 9.17) is 0 Å². The second-order valence-corrected chi connectivity index (χ2v) is 5.49. The lowest BCUT2D eigenvalue weighted by atomic mass is 9.80. The van der Waals surface area contributed by atoms with Crippen molar-refractivity contribution < 1.29 is 0 Å². The average molecular weight is 230 g/mol. The second-order valence-electron chi connectivity index (χ2n) is 5.49. The van der Waals surface area contributed by atoms with Gasteiger partial charge < -0.3 is 10.6 Å². The Kier molecular flexibility index (Phi) is 3.17. The van der Waals surface area contributed by atoms with Gasteiger partial charge in [0.05, 0.1) is 0 Å². The largest absolute Gasteiger partial charge is 0.312 e. The van der Waals surface area contributed by atoms with Gasteiger partial charge in [0.2, 0.25) is 0 Å². The molecule has 0 aliphatic carbocycles. The van der Waals surface area contributed by atoms with E-state index >= 15 is 0 Å². The van der Waals surface area contributed by atoms with Crippen LogP contribution in [0.15, 0.2) is 30.3 Å². The van der Waals surface area contributed by atoms with Crippen molar-refractivity contribution in [2.24, 2.45) is 0 Å². The van der Waals surface area contributed by atoms with Gasteiger partial charge in [0.1, 0.15) is 0 Å². The molecule has 2 unspecified atom stereocenters. The third-order valence-electron chi connectivity index (χ3n) is 4.44. The molecule has 0 amide bonds. The summed E-state index contributed by atoms with van der Waals surface area (Å²) in [5.74, 6) is 0. The van der Waals surface area contributed by atoms with Crippen LogP contribution in [0.4, 0.5) is 0 Å². The van der Waals surface area contributed by atoms with Gasteiger partial charge >= 0.3 is 0 Å². The van der Waals surface area contributed by atoms with E-state index in [9.17, 15) is 0 Å². The van der Waals surface area contributed by atoms with Crippen molar-refractivity contribution in [3.05, 3.63) is 35.9 Å². The first-order valence-electron chi connectivity index (χ1n) is 6.91. The molecule has 2 heterocycles. The maximum atomic E-state index is 3.80. The van der Waals surface area contributed by atoms with Crippen molar-refractivity contribution in [1.82, 2.24) is 10.6 Å². The molecule has 2 aliphatic heterocycles. The van der Waals surface area contributed by atoms with Crippen molar-refractivity contribution in [2.75, 3.05) is 13.1 Å². The minimum absolute atomic E-state index is 0.383. The Morgan fingerprint density at radius 1 is 1.06 bits per heavy atom. The predicted octanol–water partition coefficient (Wildman–Crippen LogP) is 2.10. The molecular formula is C15H22N2. The maximum absolute atomic E-state index is 3.80. The smallest absolute Gasteiger partial charge is 0.0350 e. The van der Waals surface area contributed by atoms with Gasteiger partial charge in [-0.25, -0.2) is 0 Å². The Hall–Kier alpha value is -0.860. The van der Waals surface area contributed by atoms with Crippen LogP contribution in [-0.2, 0) is 6.42 Å². The second kappa shape index (κ2) is 4.79. The Morgan fingerprint density at radius 3 is 2.71 bits per heavy atom. The van der Waals surface area contributed by atoms with Crippen molar-refractivity contribution in [3.8, 4) is 0 Å². The topological polar surface area (TPSA) is 24.1 Å². The summed E-state index contributed by atoms with van der Waals surface area (Å²) in [6.07, 6.45) is 6.54. The zero-order chi connectivity index (χ0) is 11.6. The van der Waals surface area contributed by atoms with Gasteiger partial charge in [-0.2, -0.15) is 0 Å². The van der Waals surface area contributed by atoms with E-state index in [-0.39, 0.29) is 0 Å². The molecule has 2 heteroatoms. The summed E-state index contributed by atoms with van der Waals surface area (Å²) in [5.41, 5.74) is 1.84. The number of nitrogens with one attached hydrogen (secondary N) is 2. The maximum Gasteiger partial charge on any atom is 0.0350 e. The molecule has 1 spiro atoms. The highest BCUT2D eigenvalue weighted by atomic mass is 15.1. The lowest BCUT2D eigenvalue weighted by Gasteiger charge is -2.39. The van der Waals surface area contributed by atoms with Crippen LogP contribution in [0.2, 0.25) is 0 Å². The van der Waals surface area contributed by atoms with E-state index in [0.29, 0.717) is 11.6 Å². The third kappa shape index (κ3) is 2.24. The standard InChI is InChI=1S/C15H22N2/c1-2-6-13(7-3-1)12-14-15(9-11-16-14)8-4-5-10-17-15/h1-3,6-7,14,16-17H,4-5,8-12H2. The highest BCUT2D eigenvalue weighted by Gasteiger charge is 2.42. The van der Waals surface area contributed by atoms with Crippen LogP contribution in [0, 0.1) is 0 Å². The molecule has 0 radical (unpaired) electrons. The van der Waals surface area contributed by atoms with E-state index in [0.717, 1.165) is 6.42 Å². The Balaban J connectivity index is 1.73. The molecule has 2 atom stereocenters. The van der Waals surface area contributed by atoms with Crippen LogP contribution in [0.25, 0.3) is 0 Å². The summed E-state index contributed by atoms with van der Waals surface area (Å²) < 4.78 is 0. The van der Waals surface area contributed by atoms with Crippen molar-refractivity contribution in [2.45, 2.75) is 43.7 Å².